The van der Waals surface area contributed by atoms with Crippen LogP contribution in [0.1, 0.15) is 61.8 Å². The van der Waals surface area contributed by atoms with Crippen molar-refractivity contribution in [3.63, 3.8) is 0 Å². The average Bonchev–Trinajstić information content (AvgIpc) is 3.21. The topological polar surface area (TPSA) is 84.2 Å². The average molecular weight is 293 g/mol. The Morgan fingerprint density at radius 2 is 2.05 bits per heavy atom. The number of hydrogen-bond donors (Lipinski definition) is 2. The summed E-state index contributed by atoms with van der Waals surface area (Å²) < 4.78 is 1.86. The molecular weight excluding hydrogens is 270 g/mol. The van der Waals surface area contributed by atoms with Gasteiger partial charge in [-0.25, -0.2) is 4.79 Å². The summed E-state index contributed by atoms with van der Waals surface area (Å²) in [6, 6.07) is 1.20. The smallest absolute Gasteiger partial charge is 0.326 e. The second kappa shape index (κ2) is 6.28. The van der Waals surface area contributed by atoms with Crippen LogP contribution in [0, 0.1) is 12.8 Å². The summed E-state index contributed by atoms with van der Waals surface area (Å²) in [7, 11) is 0. The minimum atomic E-state index is -0.970. The molecule has 0 aromatic carbocycles. The number of carboxylic acid groups (broad SMARTS) is 1. The SMILES string of the molecule is CCC(CC)n1nc(C(=O)NC(C(=O)O)C2CC2)cc1C. The van der Waals surface area contributed by atoms with E-state index in [4.69, 9.17) is 5.11 Å². The van der Waals surface area contributed by atoms with Crippen LogP contribution in [0.2, 0.25) is 0 Å². The van der Waals surface area contributed by atoms with Crippen LogP contribution in [-0.2, 0) is 4.79 Å². The monoisotopic (exact) mass is 293 g/mol. The Labute approximate surface area is 124 Å². The van der Waals surface area contributed by atoms with Gasteiger partial charge in [0.15, 0.2) is 0 Å². The summed E-state index contributed by atoms with van der Waals surface area (Å²) in [5, 5.41) is 16.1. The van der Waals surface area contributed by atoms with Crippen molar-refractivity contribution < 1.29 is 14.7 Å². The number of aromatic nitrogens is 2. The molecule has 1 atom stereocenters. The molecule has 2 rings (SSSR count). The van der Waals surface area contributed by atoms with E-state index in [-0.39, 0.29) is 12.0 Å². The number of carboxylic acids is 1. The first-order chi connectivity index (χ1) is 9.97. The third kappa shape index (κ3) is 3.43. The summed E-state index contributed by atoms with van der Waals surface area (Å²) in [4.78, 5) is 23.4. The molecule has 1 aliphatic carbocycles. The number of nitrogens with one attached hydrogen (secondary N) is 1. The van der Waals surface area contributed by atoms with Crippen LogP contribution in [0.15, 0.2) is 6.07 Å². The first kappa shape index (κ1) is 15.5. The summed E-state index contributed by atoms with van der Waals surface area (Å²) in [5.74, 6) is -1.31. The number of carbonyl (C=O) groups excluding carboxylic acids is 1. The summed E-state index contributed by atoms with van der Waals surface area (Å²) in [6.45, 7) is 6.09. The van der Waals surface area contributed by atoms with Gasteiger partial charge in [-0.05, 0) is 44.6 Å². The highest BCUT2D eigenvalue weighted by atomic mass is 16.4. The van der Waals surface area contributed by atoms with Crippen molar-refractivity contribution >= 4 is 11.9 Å². The predicted molar refractivity (Wildman–Crippen MR) is 78.2 cm³/mol. The molecular formula is C15H23N3O3. The van der Waals surface area contributed by atoms with Crippen molar-refractivity contribution in [1.82, 2.24) is 15.1 Å². The van der Waals surface area contributed by atoms with Crippen LogP contribution < -0.4 is 5.32 Å². The number of rotatable bonds is 7. The van der Waals surface area contributed by atoms with E-state index in [1.165, 1.54) is 0 Å². The predicted octanol–water partition coefficient (Wildman–Crippen LogP) is 2.15. The van der Waals surface area contributed by atoms with Gasteiger partial charge < -0.3 is 10.4 Å². The molecule has 1 saturated carbocycles. The van der Waals surface area contributed by atoms with Crippen molar-refractivity contribution in [3.05, 3.63) is 17.5 Å². The van der Waals surface area contributed by atoms with E-state index in [0.29, 0.717) is 5.69 Å². The Bertz CT molecular complexity index is 530. The second-order valence-electron chi connectivity index (χ2n) is 5.71. The minimum Gasteiger partial charge on any atom is -0.480 e. The maximum atomic E-state index is 12.2. The Hall–Kier alpha value is -1.85. The lowest BCUT2D eigenvalue weighted by Crippen LogP contribution is -2.42. The molecule has 0 radical (unpaired) electrons. The zero-order valence-electron chi connectivity index (χ0n) is 12.8. The molecule has 116 valence electrons. The maximum absolute atomic E-state index is 12.2. The molecule has 0 aliphatic heterocycles. The molecule has 1 fully saturated rings. The lowest BCUT2D eigenvalue weighted by molar-refractivity contribution is -0.139. The summed E-state index contributed by atoms with van der Waals surface area (Å²) >= 11 is 0. The zero-order valence-corrected chi connectivity index (χ0v) is 12.8. The van der Waals surface area contributed by atoms with Crippen LogP contribution in [0.25, 0.3) is 0 Å². The molecule has 1 aromatic heterocycles. The van der Waals surface area contributed by atoms with Gasteiger partial charge in [0.05, 0.1) is 6.04 Å². The van der Waals surface area contributed by atoms with Crippen LogP contribution in [-0.4, -0.2) is 32.8 Å². The Balaban J connectivity index is 2.12. The minimum absolute atomic E-state index is 0.0636. The van der Waals surface area contributed by atoms with Crippen molar-refractivity contribution in [2.24, 2.45) is 5.92 Å². The fourth-order valence-electron chi connectivity index (χ4n) is 2.63. The number of aliphatic carboxylic acids is 1. The highest BCUT2D eigenvalue weighted by Crippen LogP contribution is 2.32. The van der Waals surface area contributed by atoms with Crippen LogP contribution in [0.5, 0.6) is 0 Å². The van der Waals surface area contributed by atoms with Gasteiger partial charge >= 0.3 is 5.97 Å². The van der Waals surface area contributed by atoms with Crippen molar-refractivity contribution in [2.45, 2.75) is 58.5 Å². The second-order valence-corrected chi connectivity index (χ2v) is 5.71. The summed E-state index contributed by atoms with van der Waals surface area (Å²) in [6.07, 6.45) is 3.61. The number of carbonyl (C=O) groups is 2. The molecule has 2 N–H and O–H groups in total. The zero-order chi connectivity index (χ0) is 15.6. The van der Waals surface area contributed by atoms with E-state index in [1.54, 1.807) is 6.07 Å². The van der Waals surface area contributed by atoms with Crippen molar-refractivity contribution in [3.8, 4) is 0 Å². The van der Waals surface area contributed by atoms with E-state index < -0.39 is 17.9 Å². The van der Waals surface area contributed by atoms with Crippen molar-refractivity contribution in [2.75, 3.05) is 0 Å². The van der Waals surface area contributed by atoms with Gasteiger partial charge in [-0.15, -0.1) is 0 Å². The van der Waals surface area contributed by atoms with Gasteiger partial charge in [-0.1, -0.05) is 13.8 Å². The highest BCUT2D eigenvalue weighted by Gasteiger charge is 2.37. The number of hydrogen-bond acceptors (Lipinski definition) is 3. The molecule has 6 nitrogen and oxygen atoms in total. The quantitative estimate of drug-likeness (QED) is 0.806. The normalized spacial score (nSPS) is 16.0. The standard InChI is InChI=1S/C15H23N3O3/c1-4-11(5-2)18-9(3)8-12(17-18)14(19)16-13(15(20)21)10-6-7-10/h8,10-11,13H,4-7H2,1-3H3,(H,16,19)(H,20,21). The van der Waals surface area contributed by atoms with Crippen LogP contribution >= 0.6 is 0 Å². The maximum Gasteiger partial charge on any atom is 0.326 e. The Morgan fingerprint density at radius 1 is 1.43 bits per heavy atom. The highest BCUT2D eigenvalue weighted by molar-refractivity contribution is 5.95. The van der Waals surface area contributed by atoms with Gasteiger partial charge in [0.2, 0.25) is 0 Å². The Kier molecular flexibility index (Phi) is 4.65. The van der Waals surface area contributed by atoms with E-state index in [1.807, 2.05) is 11.6 Å². The van der Waals surface area contributed by atoms with Gasteiger partial charge in [0.1, 0.15) is 11.7 Å². The van der Waals surface area contributed by atoms with Gasteiger partial charge in [0.25, 0.3) is 5.91 Å². The molecule has 1 heterocycles. The lowest BCUT2D eigenvalue weighted by Gasteiger charge is -2.15. The molecule has 0 spiro atoms. The first-order valence-corrected chi connectivity index (χ1v) is 7.57. The van der Waals surface area contributed by atoms with Crippen molar-refractivity contribution in [1.29, 1.82) is 0 Å². The molecule has 1 aromatic rings. The van der Waals surface area contributed by atoms with E-state index in [9.17, 15) is 9.59 Å². The largest absolute Gasteiger partial charge is 0.480 e. The lowest BCUT2D eigenvalue weighted by atomic mass is 10.2. The third-order valence-corrected chi connectivity index (χ3v) is 4.09. The molecule has 0 bridgehead atoms. The van der Waals surface area contributed by atoms with Gasteiger partial charge in [-0.2, -0.15) is 5.10 Å². The van der Waals surface area contributed by atoms with Crippen LogP contribution in [0.3, 0.4) is 0 Å². The number of amides is 1. The van der Waals surface area contributed by atoms with E-state index in [2.05, 4.69) is 24.3 Å². The fourth-order valence-corrected chi connectivity index (χ4v) is 2.63. The van der Waals surface area contributed by atoms with Crippen LogP contribution in [0.4, 0.5) is 0 Å². The summed E-state index contributed by atoms with van der Waals surface area (Å²) in [5.41, 5.74) is 1.22. The molecule has 1 unspecified atom stereocenters. The molecule has 1 amide bonds. The number of nitrogens with zero attached hydrogens (tertiary/aromatic N) is 2. The van der Waals surface area contributed by atoms with E-state index in [0.717, 1.165) is 31.4 Å². The molecule has 21 heavy (non-hydrogen) atoms. The molecule has 6 heteroatoms. The van der Waals surface area contributed by atoms with E-state index >= 15 is 0 Å². The third-order valence-electron chi connectivity index (χ3n) is 4.09. The number of aryl methyl sites for hydroxylation is 1. The van der Waals surface area contributed by atoms with Gasteiger partial charge in [0, 0.05) is 5.69 Å². The first-order valence-electron chi connectivity index (χ1n) is 7.57. The molecule has 1 aliphatic rings. The fraction of sp³-hybridized carbons (Fsp3) is 0.667. The van der Waals surface area contributed by atoms with Gasteiger partial charge in [-0.3, -0.25) is 9.48 Å². The molecule has 0 saturated heterocycles. The Morgan fingerprint density at radius 3 is 2.52 bits per heavy atom.